The second-order valence-electron chi connectivity index (χ2n) is 6.91. The lowest BCUT2D eigenvalue weighted by Crippen LogP contribution is -2.59. The molecule has 0 aromatic carbocycles. The minimum absolute atomic E-state index is 0.335. The molecule has 2 atom stereocenters. The summed E-state index contributed by atoms with van der Waals surface area (Å²) in [5.74, 6) is 0.864. The largest absolute Gasteiger partial charge is 0.317 e. The highest BCUT2D eigenvalue weighted by atomic mass is 15.3. The van der Waals surface area contributed by atoms with E-state index in [1.807, 2.05) is 0 Å². The van der Waals surface area contributed by atoms with Crippen LogP contribution in [0.4, 0.5) is 0 Å². The summed E-state index contributed by atoms with van der Waals surface area (Å²) in [7, 11) is 4.39. The van der Waals surface area contributed by atoms with Gasteiger partial charge in [0.1, 0.15) is 0 Å². The Morgan fingerprint density at radius 1 is 1.17 bits per heavy atom. The molecule has 2 aliphatic rings. The maximum Gasteiger partial charge on any atom is 0.0277 e. The highest BCUT2D eigenvalue weighted by Crippen LogP contribution is 2.27. The van der Waals surface area contributed by atoms with E-state index in [9.17, 15) is 0 Å². The number of nitrogens with zero attached hydrogens (tertiary/aromatic N) is 2. The lowest BCUT2D eigenvalue weighted by Gasteiger charge is -2.47. The first-order valence-corrected chi connectivity index (χ1v) is 7.64. The van der Waals surface area contributed by atoms with E-state index in [1.165, 1.54) is 51.9 Å². The third-order valence-electron chi connectivity index (χ3n) is 5.17. The van der Waals surface area contributed by atoms with E-state index in [1.54, 1.807) is 0 Å². The van der Waals surface area contributed by atoms with Gasteiger partial charge in [0.2, 0.25) is 0 Å². The van der Waals surface area contributed by atoms with Gasteiger partial charge in [0, 0.05) is 37.8 Å². The summed E-state index contributed by atoms with van der Waals surface area (Å²) in [5, 5.41) is 3.54. The smallest absolute Gasteiger partial charge is 0.0277 e. The molecule has 106 valence electrons. The molecule has 1 saturated heterocycles. The average molecular weight is 253 g/mol. The molecule has 1 aliphatic heterocycles. The molecule has 2 unspecified atom stereocenters. The van der Waals surface area contributed by atoms with Gasteiger partial charge >= 0.3 is 0 Å². The van der Waals surface area contributed by atoms with E-state index in [-0.39, 0.29) is 0 Å². The lowest BCUT2D eigenvalue weighted by atomic mass is 9.83. The molecular weight excluding hydrogens is 222 g/mol. The molecule has 1 saturated carbocycles. The zero-order valence-corrected chi connectivity index (χ0v) is 12.7. The predicted octanol–water partition coefficient (Wildman–Crippen LogP) is 1.79. The summed E-state index contributed by atoms with van der Waals surface area (Å²) in [6.45, 7) is 9.71. The van der Waals surface area contributed by atoms with Crippen molar-refractivity contribution < 1.29 is 0 Å². The van der Waals surface area contributed by atoms with Crippen LogP contribution in [0.1, 0.15) is 39.5 Å². The van der Waals surface area contributed by atoms with Crippen molar-refractivity contribution in [3.63, 3.8) is 0 Å². The van der Waals surface area contributed by atoms with E-state index >= 15 is 0 Å². The average Bonchev–Trinajstić information content (AvgIpc) is 2.34. The quantitative estimate of drug-likeness (QED) is 0.827. The van der Waals surface area contributed by atoms with E-state index in [0.29, 0.717) is 5.54 Å². The van der Waals surface area contributed by atoms with Crippen LogP contribution in [-0.2, 0) is 0 Å². The second kappa shape index (κ2) is 5.89. The van der Waals surface area contributed by atoms with Crippen molar-refractivity contribution in [2.45, 2.75) is 51.1 Å². The van der Waals surface area contributed by atoms with Crippen molar-refractivity contribution in [3.05, 3.63) is 0 Å². The SMILES string of the molecule is CNC1CCCCC1CN1CCN(C)C(C)(C)C1. The summed E-state index contributed by atoms with van der Waals surface area (Å²) in [6, 6.07) is 0.751. The molecule has 18 heavy (non-hydrogen) atoms. The highest BCUT2D eigenvalue weighted by molar-refractivity contribution is 4.90. The van der Waals surface area contributed by atoms with Gasteiger partial charge in [-0.25, -0.2) is 0 Å². The second-order valence-corrected chi connectivity index (χ2v) is 6.91. The van der Waals surface area contributed by atoms with E-state index in [0.717, 1.165) is 12.0 Å². The zero-order chi connectivity index (χ0) is 13.2. The van der Waals surface area contributed by atoms with E-state index in [2.05, 4.69) is 43.1 Å². The number of piperazine rings is 1. The van der Waals surface area contributed by atoms with Gasteiger partial charge in [-0.2, -0.15) is 0 Å². The predicted molar refractivity (Wildman–Crippen MR) is 78.0 cm³/mol. The molecule has 0 spiro atoms. The number of hydrogen-bond donors (Lipinski definition) is 1. The summed E-state index contributed by atoms with van der Waals surface area (Å²) < 4.78 is 0. The molecule has 0 aromatic rings. The summed E-state index contributed by atoms with van der Waals surface area (Å²) >= 11 is 0. The Kier molecular flexibility index (Phi) is 4.68. The van der Waals surface area contributed by atoms with Crippen LogP contribution >= 0.6 is 0 Å². The zero-order valence-electron chi connectivity index (χ0n) is 12.7. The number of rotatable bonds is 3. The van der Waals surface area contributed by atoms with Crippen molar-refractivity contribution in [1.82, 2.24) is 15.1 Å². The molecular formula is C15H31N3. The fourth-order valence-electron chi connectivity index (χ4n) is 3.63. The molecule has 2 rings (SSSR count). The monoisotopic (exact) mass is 253 g/mol. The van der Waals surface area contributed by atoms with Gasteiger partial charge in [0.05, 0.1) is 0 Å². The van der Waals surface area contributed by atoms with Gasteiger partial charge < -0.3 is 5.32 Å². The van der Waals surface area contributed by atoms with Crippen LogP contribution in [0.2, 0.25) is 0 Å². The van der Waals surface area contributed by atoms with Crippen molar-refractivity contribution in [1.29, 1.82) is 0 Å². The fraction of sp³-hybridized carbons (Fsp3) is 1.00. The minimum Gasteiger partial charge on any atom is -0.317 e. The normalized spacial score (nSPS) is 34.7. The Balaban J connectivity index is 1.89. The molecule has 2 fully saturated rings. The van der Waals surface area contributed by atoms with Crippen LogP contribution in [0, 0.1) is 5.92 Å². The topological polar surface area (TPSA) is 18.5 Å². The van der Waals surface area contributed by atoms with Crippen LogP contribution in [0.15, 0.2) is 0 Å². The first-order chi connectivity index (χ1) is 8.53. The first-order valence-electron chi connectivity index (χ1n) is 7.64. The Hall–Kier alpha value is -0.120. The minimum atomic E-state index is 0.335. The standard InChI is InChI=1S/C15H31N3/c1-15(2)12-18(10-9-17(15)4)11-13-7-5-6-8-14(13)16-3/h13-14,16H,5-12H2,1-4H3. The molecule has 0 aromatic heterocycles. The molecule has 0 radical (unpaired) electrons. The van der Waals surface area contributed by atoms with Crippen molar-refractivity contribution >= 4 is 0 Å². The van der Waals surface area contributed by atoms with Crippen molar-refractivity contribution in [2.75, 3.05) is 40.3 Å². The number of nitrogens with one attached hydrogen (secondary N) is 1. The Labute approximate surface area is 113 Å². The third kappa shape index (κ3) is 3.25. The maximum absolute atomic E-state index is 3.54. The molecule has 0 amide bonds. The summed E-state index contributed by atoms with van der Waals surface area (Å²) in [4.78, 5) is 5.19. The van der Waals surface area contributed by atoms with Crippen LogP contribution in [0.3, 0.4) is 0 Å². The molecule has 3 heteroatoms. The Morgan fingerprint density at radius 2 is 1.89 bits per heavy atom. The Bertz CT molecular complexity index is 264. The summed E-state index contributed by atoms with van der Waals surface area (Å²) in [6.07, 6.45) is 5.63. The highest BCUT2D eigenvalue weighted by Gasteiger charge is 2.33. The van der Waals surface area contributed by atoms with E-state index in [4.69, 9.17) is 0 Å². The van der Waals surface area contributed by atoms with Crippen molar-refractivity contribution in [2.24, 2.45) is 5.92 Å². The van der Waals surface area contributed by atoms with Gasteiger partial charge in [0.25, 0.3) is 0 Å². The first kappa shape index (κ1) is 14.3. The number of likely N-dealkylation sites (N-methyl/N-ethyl adjacent to an activating group) is 1. The fourth-order valence-corrected chi connectivity index (χ4v) is 3.63. The molecule has 1 aliphatic carbocycles. The molecule has 1 heterocycles. The van der Waals surface area contributed by atoms with Gasteiger partial charge in [-0.15, -0.1) is 0 Å². The van der Waals surface area contributed by atoms with E-state index < -0.39 is 0 Å². The molecule has 3 nitrogen and oxygen atoms in total. The van der Waals surface area contributed by atoms with Gasteiger partial charge in [-0.1, -0.05) is 12.8 Å². The van der Waals surface area contributed by atoms with Crippen LogP contribution in [0.5, 0.6) is 0 Å². The molecule has 1 N–H and O–H groups in total. The van der Waals surface area contributed by atoms with Gasteiger partial charge in [0.15, 0.2) is 0 Å². The third-order valence-corrected chi connectivity index (χ3v) is 5.17. The number of hydrogen-bond acceptors (Lipinski definition) is 3. The van der Waals surface area contributed by atoms with Crippen molar-refractivity contribution in [3.8, 4) is 0 Å². The van der Waals surface area contributed by atoms with Crippen LogP contribution in [-0.4, -0.2) is 61.7 Å². The Morgan fingerprint density at radius 3 is 2.56 bits per heavy atom. The summed E-state index contributed by atoms with van der Waals surface area (Å²) in [5.41, 5.74) is 0.335. The van der Waals surface area contributed by atoms with Gasteiger partial charge in [-0.05, 0) is 46.7 Å². The van der Waals surface area contributed by atoms with Crippen LogP contribution < -0.4 is 5.32 Å². The lowest BCUT2D eigenvalue weighted by molar-refractivity contribution is 0.0255. The maximum atomic E-state index is 3.54. The molecule has 0 bridgehead atoms. The van der Waals surface area contributed by atoms with Crippen LogP contribution in [0.25, 0.3) is 0 Å². The van der Waals surface area contributed by atoms with Gasteiger partial charge in [-0.3, -0.25) is 9.80 Å².